The Bertz CT molecular complexity index is 445. The van der Waals surface area contributed by atoms with Crippen LogP contribution >= 0.6 is 0 Å². The maximum atomic E-state index is 12.1. The van der Waals surface area contributed by atoms with Crippen LogP contribution in [0.1, 0.15) is 52.9 Å². The van der Waals surface area contributed by atoms with E-state index in [1.54, 1.807) is 6.92 Å². The van der Waals surface area contributed by atoms with Gasteiger partial charge in [0.15, 0.2) is 0 Å². The SMILES string of the molecule is CC[C@H](C)[C@H](NS(=O)(=O)CC(C)COC1CCCC1)C(=O)O. The van der Waals surface area contributed by atoms with Gasteiger partial charge < -0.3 is 9.84 Å². The molecule has 1 aliphatic rings. The van der Waals surface area contributed by atoms with Gasteiger partial charge in [-0.15, -0.1) is 0 Å². The average Bonchev–Trinajstić information content (AvgIpc) is 2.94. The molecule has 0 aliphatic heterocycles. The summed E-state index contributed by atoms with van der Waals surface area (Å²) >= 11 is 0. The van der Waals surface area contributed by atoms with Crippen LogP contribution in [0.4, 0.5) is 0 Å². The Morgan fingerprint density at radius 3 is 2.41 bits per heavy atom. The van der Waals surface area contributed by atoms with Crippen molar-refractivity contribution in [1.29, 1.82) is 0 Å². The van der Waals surface area contributed by atoms with Gasteiger partial charge in [0.05, 0.1) is 18.5 Å². The summed E-state index contributed by atoms with van der Waals surface area (Å²) in [6, 6.07) is -1.07. The van der Waals surface area contributed by atoms with Crippen molar-refractivity contribution >= 4 is 16.0 Å². The van der Waals surface area contributed by atoms with Crippen molar-refractivity contribution in [1.82, 2.24) is 4.72 Å². The molecule has 130 valence electrons. The lowest BCUT2D eigenvalue weighted by atomic mass is 10.0. The Morgan fingerprint density at radius 1 is 1.32 bits per heavy atom. The molecule has 22 heavy (non-hydrogen) atoms. The fourth-order valence-electron chi connectivity index (χ4n) is 2.67. The highest BCUT2D eigenvalue weighted by Crippen LogP contribution is 2.21. The van der Waals surface area contributed by atoms with Crippen molar-refractivity contribution in [3.05, 3.63) is 0 Å². The van der Waals surface area contributed by atoms with Gasteiger partial charge in [0, 0.05) is 0 Å². The van der Waals surface area contributed by atoms with Gasteiger partial charge in [0.2, 0.25) is 10.0 Å². The Morgan fingerprint density at radius 2 is 1.91 bits per heavy atom. The fourth-order valence-corrected chi connectivity index (χ4v) is 4.33. The van der Waals surface area contributed by atoms with E-state index < -0.39 is 22.0 Å². The molecule has 0 spiro atoms. The summed E-state index contributed by atoms with van der Waals surface area (Å²) < 4.78 is 32.3. The number of nitrogens with one attached hydrogen (secondary N) is 1. The maximum Gasteiger partial charge on any atom is 0.322 e. The Hall–Kier alpha value is -0.660. The number of carbonyl (C=O) groups is 1. The minimum absolute atomic E-state index is 0.111. The summed E-state index contributed by atoms with van der Waals surface area (Å²) in [7, 11) is -3.64. The normalized spacial score (nSPS) is 20.7. The molecule has 0 heterocycles. The highest BCUT2D eigenvalue weighted by atomic mass is 32.2. The van der Waals surface area contributed by atoms with Crippen molar-refractivity contribution in [2.75, 3.05) is 12.4 Å². The minimum atomic E-state index is -3.64. The zero-order chi connectivity index (χ0) is 16.8. The first-order chi connectivity index (χ1) is 10.2. The molecular weight excluding hydrogens is 306 g/mol. The average molecular weight is 335 g/mol. The molecule has 0 aromatic rings. The molecule has 6 nitrogen and oxygen atoms in total. The topological polar surface area (TPSA) is 92.7 Å². The van der Waals surface area contributed by atoms with Crippen molar-refractivity contribution in [2.45, 2.75) is 65.0 Å². The molecule has 2 N–H and O–H groups in total. The first-order valence-corrected chi connectivity index (χ1v) is 9.74. The van der Waals surface area contributed by atoms with Gasteiger partial charge >= 0.3 is 5.97 Å². The van der Waals surface area contributed by atoms with Gasteiger partial charge in [-0.1, -0.05) is 40.0 Å². The van der Waals surface area contributed by atoms with Crippen LogP contribution in [0.2, 0.25) is 0 Å². The summed E-state index contributed by atoms with van der Waals surface area (Å²) in [4.78, 5) is 11.2. The molecule has 1 fully saturated rings. The predicted molar refractivity (Wildman–Crippen MR) is 85.2 cm³/mol. The number of ether oxygens (including phenoxy) is 1. The monoisotopic (exact) mass is 335 g/mol. The second-order valence-corrected chi connectivity index (χ2v) is 8.24. The van der Waals surface area contributed by atoms with Crippen molar-refractivity contribution in [3.8, 4) is 0 Å². The molecule has 0 saturated heterocycles. The van der Waals surface area contributed by atoms with Gasteiger partial charge in [-0.3, -0.25) is 4.79 Å². The van der Waals surface area contributed by atoms with Gasteiger partial charge in [0.1, 0.15) is 6.04 Å². The number of carboxylic acid groups (broad SMARTS) is 1. The Kier molecular flexibility index (Phi) is 7.79. The second-order valence-electron chi connectivity index (χ2n) is 6.45. The predicted octanol–water partition coefficient (Wildman–Crippen LogP) is 2.00. The molecule has 1 unspecified atom stereocenters. The molecule has 1 saturated carbocycles. The fraction of sp³-hybridized carbons (Fsp3) is 0.933. The van der Waals surface area contributed by atoms with E-state index in [9.17, 15) is 13.2 Å². The lowest BCUT2D eigenvalue weighted by molar-refractivity contribution is -0.140. The molecule has 0 aromatic heterocycles. The summed E-state index contributed by atoms with van der Waals surface area (Å²) in [6.07, 6.45) is 5.30. The number of carboxylic acids is 1. The molecule has 3 atom stereocenters. The first kappa shape index (κ1) is 19.4. The van der Waals surface area contributed by atoms with Crippen molar-refractivity contribution in [2.24, 2.45) is 11.8 Å². The van der Waals surface area contributed by atoms with Gasteiger partial charge in [-0.05, 0) is 24.7 Å². The standard InChI is InChI=1S/C15H29NO5S/c1-4-12(3)14(15(17)18)16-22(19,20)10-11(2)9-21-13-7-5-6-8-13/h11-14,16H,4-10H2,1-3H3,(H,17,18)/t11?,12-,14-/m0/s1. The van der Waals surface area contributed by atoms with Crippen LogP contribution in [-0.2, 0) is 19.6 Å². The molecule has 0 bridgehead atoms. The Balaban J connectivity index is 2.48. The number of rotatable bonds is 10. The van der Waals surface area contributed by atoms with Crippen LogP contribution in [0.3, 0.4) is 0 Å². The molecule has 0 radical (unpaired) electrons. The highest BCUT2D eigenvalue weighted by Gasteiger charge is 2.29. The van der Waals surface area contributed by atoms with E-state index in [-0.39, 0.29) is 23.7 Å². The lowest BCUT2D eigenvalue weighted by Gasteiger charge is -2.22. The smallest absolute Gasteiger partial charge is 0.322 e. The molecule has 1 aliphatic carbocycles. The minimum Gasteiger partial charge on any atom is -0.480 e. The van der Waals surface area contributed by atoms with Crippen LogP contribution in [0.5, 0.6) is 0 Å². The number of hydrogen-bond acceptors (Lipinski definition) is 4. The van der Waals surface area contributed by atoms with Crippen LogP contribution in [0.25, 0.3) is 0 Å². The van der Waals surface area contributed by atoms with E-state index in [4.69, 9.17) is 9.84 Å². The van der Waals surface area contributed by atoms with Gasteiger partial charge in [-0.2, -0.15) is 0 Å². The van der Waals surface area contributed by atoms with Crippen molar-refractivity contribution in [3.63, 3.8) is 0 Å². The van der Waals surface area contributed by atoms with E-state index >= 15 is 0 Å². The Labute approximate surface area is 133 Å². The highest BCUT2D eigenvalue weighted by molar-refractivity contribution is 7.89. The summed E-state index contributed by atoms with van der Waals surface area (Å²) in [6.45, 7) is 5.78. The van der Waals surface area contributed by atoms with Crippen molar-refractivity contribution < 1.29 is 23.1 Å². The number of aliphatic carboxylic acids is 1. The zero-order valence-corrected chi connectivity index (χ0v) is 14.6. The second kappa shape index (κ2) is 8.84. The number of sulfonamides is 1. The molecule has 1 rings (SSSR count). The molecule has 0 amide bonds. The van der Waals surface area contributed by atoms with Crippen LogP contribution in [0.15, 0.2) is 0 Å². The summed E-state index contributed by atoms with van der Waals surface area (Å²) in [5.41, 5.74) is 0. The third-order valence-corrected chi connectivity index (χ3v) is 5.83. The maximum absolute atomic E-state index is 12.1. The zero-order valence-electron chi connectivity index (χ0n) is 13.7. The quantitative estimate of drug-likeness (QED) is 0.637. The largest absolute Gasteiger partial charge is 0.480 e. The van der Waals surface area contributed by atoms with E-state index in [1.165, 1.54) is 12.8 Å². The summed E-state index contributed by atoms with van der Waals surface area (Å²) in [5, 5.41) is 9.17. The molecule has 0 aromatic carbocycles. The first-order valence-electron chi connectivity index (χ1n) is 8.09. The van der Waals surface area contributed by atoms with Crippen LogP contribution in [0, 0.1) is 11.8 Å². The van der Waals surface area contributed by atoms with Gasteiger partial charge in [-0.25, -0.2) is 13.1 Å². The van der Waals surface area contributed by atoms with Gasteiger partial charge in [0.25, 0.3) is 0 Å². The molecule has 7 heteroatoms. The van der Waals surface area contributed by atoms with Crippen LogP contribution in [-0.4, -0.2) is 44.0 Å². The third-order valence-electron chi connectivity index (χ3n) is 4.21. The summed E-state index contributed by atoms with van der Waals surface area (Å²) in [5.74, 6) is -1.66. The van der Waals surface area contributed by atoms with E-state index in [1.807, 2.05) is 13.8 Å². The van der Waals surface area contributed by atoms with E-state index in [0.717, 1.165) is 12.8 Å². The number of hydrogen-bond donors (Lipinski definition) is 2. The van der Waals surface area contributed by atoms with E-state index in [0.29, 0.717) is 13.0 Å². The van der Waals surface area contributed by atoms with E-state index in [2.05, 4.69) is 4.72 Å². The lowest BCUT2D eigenvalue weighted by Crippen LogP contribution is -2.46. The molecular formula is C15H29NO5S. The van der Waals surface area contributed by atoms with Crippen LogP contribution < -0.4 is 4.72 Å². The third kappa shape index (κ3) is 6.62.